The summed E-state index contributed by atoms with van der Waals surface area (Å²) in [5, 5.41) is 0. The molecule has 1 aromatic rings. The highest BCUT2D eigenvalue weighted by Crippen LogP contribution is 2.33. The van der Waals surface area contributed by atoms with Crippen molar-refractivity contribution in [3.05, 3.63) is 35.4 Å². The summed E-state index contributed by atoms with van der Waals surface area (Å²) in [6.07, 6.45) is 4.08. The molecule has 1 aromatic carbocycles. The molecule has 1 fully saturated rings. The predicted octanol–water partition coefficient (Wildman–Crippen LogP) is 4.29. The molecule has 0 saturated carbocycles. The van der Waals surface area contributed by atoms with Crippen LogP contribution in [0.2, 0.25) is 0 Å². The summed E-state index contributed by atoms with van der Waals surface area (Å²) in [5.74, 6) is 0. The number of carbonyl (C=O) groups excluding carboxylic acids is 1. The first-order chi connectivity index (χ1) is 11.3. The van der Waals surface area contributed by atoms with Gasteiger partial charge in [0.1, 0.15) is 5.60 Å². The molecule has 0 spiro atoms. The molecule has 1 amide bonds. The summed E-state index contributed by atoms with van der Waals surface area (Å²) in [5.41, 5.74) is 3.75. The zero-order valence-corrected chi connectivity index (χ0v) is 16.4. The number of likely N-dealkylation sites (tertiary alicyclic amines) is 1. The fourth-order valence-electron chi connectivity index (χ4n) is 3.42. The van der Waals surface area contributed by atoms with Gasteiger partial charge in [0.05, 0.1) is 0 Å². The van der Waals surface area contributed by atoms with E-state index in [0.29, 0.717) is 0 Å². The van der Waals surface area contributed by atoms with Crippen molar-refractivity contribution >= 4 is 30.1 Å². The highest BCUT2D eigenvalue weighted by Gasteiger charge is 2.29. The molecule has 0 N–H and O–H groups in total. The zero-order chi connectivity index (χ0) is 17.3. The molecule has 0 aromatic heterocycles. The molecule has 1 saturated heterocycles. The van der Waals surface area contributed by atoms with Crippen LogP contribution < -0.4 is 0 Å². The van der Waals surface area contributed by atoms with Crippen molar-refractivity contribution in [2.75, 3.05) is 26.7 Å². The van der Waals surface area contributed by atoms with E-state index in [-0.39, 0.29) is 24.5 Å². The Bertz CT molecular complexity index is 643. The third-order valence-corrected chi connectivity index (χ3v) is 4.82. The zero-order valence-electron chi connectivity index (χ0n) is 15.6. The summed E-state index contributed by atoms with van der Waals surface area (Å²) < 4.78 is 5.47. The van der Waals surface area contributed by atoms with Crippen LogP contribution in [0.4, 0.5) is 4.79 Å². The average Bonchev–Trinajstić information content (AvgIpc) is 2.51. The second-order valence-corrected chi connectivity index (χ2v) is 7.86. The smallest absolute Gasteiger partial charge is 0.410 e. The molecule has 4 nitrogen and oxygen atoms in total. The molecule has 1 aliphatic carbocycles. The largest absolute Gasteiger partial charge is 0.444 e. The van der Waals surface area contributed by atoms with E-state index in [9.17, 15) is 4.79 Å². The second-order valence-electron chi connectivity index (χ2n) is 7.86. The van der Waals surface area contributed by atoms with Gasteiger partial charge in [-0.2, -0.15) is 0 Å². The van der Waals surface area contributed by atoms with Crippen LogP contribution in [0.25, 0.3) is 11.6 Å². The maximum absolute atomic E-state index is 12.2. The third kappa shape index (κ3) is 4.77. The summed E-state index contributed by atoms with van der Waals surface area (Å²) >= 11 is 0. The normalized spacial score (nSPS) is 17.7. The molecular formula is C20H29ClN2O2. The highest BCUT2D eigenvalue weighted by atomic mass is 35.5. The first-order valence-corrected chi connectivity index (χ1v) is 8.81. The molecule has 3 rings (SSSR count). The Labute approximate surface area is 157 Å². The van der Waals surface area contributed by atoms with E-state index in [4.69, 9.17) is 4.74 Å². The molecule has 25 heavy (non-hydrogen) atoms. The molecule has 0 bridgehead atoms. The van der Waals surface area contributed by atoms with Gasteiger partial charge in [0, 0.05) is 32.7 Å². The average molecular weight is 365 g/mol. The minimum absolute atomic E-state index is 0. The van der Waals surface area contributed by atoms with E-state index in [1.165, 1.54) is 16.7 Å². The SMILES string of the molecule is CN(C(=O)OC(C)(C)C)C1CCN(CC2=Cc3ccccc32)CC1.Cl. The monoisotopic (exact) mass is 364 g/mol. The van der Waals surface area contributed by atoms with Crippen molar-refractivity contribution in [2.24, 2.45) is 0 Å². The maximum Gasteiger partial charge on any atom is 0.410 e. The summed E-state index contributed by atoms with van der Waals surface area (Å²) in [7, 11) is 1.86. The predicted molar refractivity (Wildman–Crippen MR) is 105 cm³/mol. The van der Waals surface area contributed by atoms with Crippen molar-refractivity contribution in [3.8, 4) is 0 Å². The summed E-state index contributed by atoms with van der Waals surface area (Å²) in [4.78, 5) is 16.5. The lowest BCUT2D eigenvalue weighted by atomic mass is 9.88. The van der Waals surface area contributed by atoms with Gasteiger partial charge in [-0.05, 0) is 56.4 Å². The van der Waals surface area contributed by atoms with Crippen molar-refractivity contribution < 1.29 is 9.53 Å². The molecule has 138 valence electrons. The van der Waals surface area contributed by atoms with Gasteiger partial charge in [0.15, 0.2) is 0 Å². The van der Waals surface area contributed by atoms with Crippen molar-refractivity contribution in [1.29, 1.82) is 0 Å². The number of carbonyl (C=O) groups is 1. The van der Waals surface area contributed by atoms with Crippen molar-refractivity contribution in [3.63, 3.8) is 0 Å². The topological polar surface area (TPSA) is 32.8 Å². The van der Waals surface area contributed by atoms with Crippen LogP contribution in [0.5, 0.6) is 0 Å². The van der Waals surface area contributed by atoms with Gasteiger partial charge >= 0.3 is 6.09 Å². The number of hydrogen-bond acceptors (Lipinski definition) is 3. The molecule has 0 unspecified atom stereocenters. The number of rotatable bonds is 3. The molecule has 1 aliphatic heterocycles. The van der Waals surface area contributed by atoms with E-state index in [0.717, 1.165) is 32.5 Å². The first kappa shape index (κ1) is 19.8. The standard InChI is InChI=1S/C20H28N2O2.ClH/c1-20(2,3)24-19(23)21(4)17-9-11-22(12-10-17)14-16-13-15-7-5-6-8-18(15)16;/h5-8,13,17H,9-12,14H2,1-4H3;1H. The third-order valence-electron chi connectivity index (χ3n) is 4.82. The quantitative estimate of drug-likeness (QED) is 0.801. The van der Waals surface area contributed by atoms with Gasteiger partial charge in [-0.15, -0.1) is 12.4 Å². The van der Waals surface area contributed by atoms with E-state index in [2.05, 4.69) is 35.2 Å². The van der Waals surface area contributed by atoms with E-state index in [1.54, 1.807) is 4.90 Å². The first-order valence-electron chi connectivity index (χ1n) is 8.81. The van der Waals surface area contributed by atoms with Gasteiger partial charge in [-0.1, -0.05) is 24.3 Å². The Morgan fingerprint density at radius 1 is 1.24 bits per heavy atom. The van der Waals surface area contributed by atoms with Gasteiger partial charge < -0.3 is 9.64 Å². The number of hydrogen-bond donors (Lipinski definition) is 0. The number of nitrogens with zero attached hydrogens (tertiary/aromatic N) is 2. The minimum Gasteiger partial charge on any atom is -0.444 e. The lowest BCUT2D eigenvalue weighted by Gasteiger charge is -2.38. The van der Waals surface area contributed by atoms with Gasteiger partial charge in [-0.3, -0.25) is 4.90 Å². The van der Waals surface area contributed by atoms with E-state index >= 15 is 0 Å². The fourth-order valence-corrected chi connectivity index (χ4v) is 3.42. The number of fused-ring (bicyclic) bond motifs is 1. The second kappa shape index (κ2) is 7.79. The van der Waals surface area contributed by atoms with Crippen molar-refractivity contribution in [1.82, 2.24) is 9.80 Å². The van der Waals surface area contributed by atoms with Crippen LogP contribution in [-0.2, 0) is 4.74 Å². The minimum atomic E-state index is -0.434. The van der Waals surface area contributed by atoms with Gasteiger partial charge in [0.2, 0.25) is 0 Å². The molecule has 0 atom stereocenters. The lowest BCUT2D eigenvalue weighted by molar-refractivity contribution is 0.0158. The number of halogens is 1. The summed E-state index contributed by atoms with van der Waals surface area (Å²) in [6, 6.07) is 8.84. The van der Waals surface area contributed by atoms with Crippen LogP contribution in [0.3, 0.4) is 0 Å². The highest BCUT2D eigenvalue weighted by molar-refractivity contribution is 5.96. The van der Waals surface area contributed by atoms with E-state index in [1.807, 2.05) is 27.8 Å². The Kier molecular flexibility index (Phi) is 6.17. The number of benzene rings is 1. The van der Waals surface area contributed by atoms with Crippen LogP contribution >= 0.6 is 12.4 Å². The Hall–Kier alpha value is -1.52. The Balaban J connectivity index is 0.00000225. The molecular weight excluding hydrogens is 336 g/mol. The molecule has 5 heteroatoms. The van der Waals surface area contributed by atoms with Crippen LogP contribution in [0.15, 0.2) is 24.3 Å². The Morgan fingerprint density at radius 3 is 2.48 bits per heavy atom. The number of amides is 1. The Morgan fingerprint density at radius 2 is 1.88 bits per heavy atom. The summed E-state index contributed by atoms with van der Waals surface area (Å²) in [6.45, 7) is 8.79. The van der Waals surface area contributed by atoms with Crippen molar-refractivity contribution in [2.45, 2.75) is 45.3 Å². The van der Waals surface area contributed by atoms with Crippen LogP contribution in [0, 0.1) is 0 Å². The molecule has 2 aliphatic rings. The molecule has 0 radical (unpaired) electrons. The molecule has 1 heterocycles. The fraction of sp³-hybridized carbons (Fsp3) is 0.550. The van der Waals surface area contributed by atoms with E-state index < -0.39 is 5.60 Å². The van der Waals surface area contributed by atoms with Crippen LogP contribution in [-0.4, -0.2) is 54.2 Å². The number of ether oxygens (including phenoxy) is 1. The maximum atomic E-state index is 12.2. The van der Waals surface area contributed by atoms with Gasteiger partial charge in [-0.25, -0.2) is 4.79 Å². The van der Waals surface area contributed by atoms with Crippen LogP contribution in [0.1, 0.15) is 44.7 Å². The van der Waals surface area contributed by atoms with Gasteiger partial charge in [0.25, 0.3) is 0 Å². The number of piperidine rings is 1. The lowest BCUT2D eigenvalue weighted by Crippen LogP contribution is -2.47.